The molecule has 0 aliphatic heterocycles. The van der Waals surface area contributed by atoms with Gasteiger partial charge in [-0.3, -0.25) is 0 Å². The van der Waals surface area contributed by atoms with E-state index in [9.17, 15) is 0 Å². The van der Waals surface area contributed by atoms with Crippen molar-refractivity contribution in [2.45, 2.75) is 53.4 Å². The summed E-state index contributed by atoms with van der Waals surface area (Å²) in [5.74, 6) is 1.79. The summed E-state index contributed by atoms with van der Waals surface area (Å²) in [6.07, 6.45) is 5.90. The molecular formula is C11H22. The molecule has 0 heterocycles. The molecule has 1 fully saturated rings. The Labute approximate surface area is 71.4 Å². The molecule has 1 rings (SSSR count). The molecule has 0 radical (unpaired) electrons. The lowest BCUT2D eigenvalue weighted by atomic mass is 9.59. The van der Waals surface area contributed by atoms with Crippen molar-refractivity contribution < 1.29 is 0 Å². The largest absolute Gasteiger partial charge is 0.0628 e. The Morgan fingerprint density at radius 1 is 1.09 bits per heavy atom. The van der Waals surface area contributed by atoms with Gasteiger partial charge in [-0.15, -0.1) is 0 Å². The first-order chi connectivity index (χ1) is 5.07. The Balaban J connectivity index is 2.47. The van der Waals surface area contributed by atoms with Crippen molar-refractivity contribution >= 4 is 0 Å². The van der Waals surface area contributed by atoms with Crippen LogP contribution in [-0.2, 0) is 0 Å². The van der Waals surface area contributed by atoms with Crippen LogP contribution in [0.5, 0.6) is 0 Å². The van der Waals surface area contributed by atoms with Crippen LogP contribution in [0.4, 0.5) is 0 Å². The van der Waals surface area contributed by atoms with E-state index in [1.807, 2.05) is 0 Å². The summed E-state index contributed by atoms with van der Waals surface area (Å²) >= 11 is 0. The first-order valence-electron chi connectivity index (χ1n) is 5.07. The minimum absolute atomic E-state index is 0.744. The van der Waals surface area contributed by atoms with E-state index in [0.29, 0.717) is 0 Å². The monoisotopic (exact) mass is 154 g/mol. The van der Waals surface area contributed by atoms with Crippen LogP contribution >= 0.6 is 0 Å². The van der Waals surface area contributed by atoms with E-state index < -0.39 is 0 Å². The van der Waals surface area contributed by atoms with Crippen LogP contribution in [0, 0.1) is 17.3 Å². The van der Waals surface area contributed by atoms with Gasteiger partial charge < -0.3 is 0 Å². The molecule has 0 unspecified atom stereocenters. The van der Waals surface area contributed by atoms with Crippen molar-refractivity contribution in [3.05, 3.63) is 0 Å². The fraction of sp³-hybridized carbons (Fsp3) is 1.00. The van der Waals surface area contributed by atoms with Crippen molar-refractivity contribution in [3.63, 3.8) is 0 Å². The van der Waals surface area contributed by atoms with Gasteiger partial charge in [0.2, 0.25) is 0 Å². The fourth-order valence-electron chi connectivity index (χ4n) is 2.46. The molecular weight excluding hydrogens is 132 g/mol. The third-order valence-corrected chi connectivity index (χ3v) is 3.39. The Kier molecular flexibility index (Phi) is 2.61. The number of rotatable bonds is 3. The van der Waals surface area contributed by atoms with E-state index in [-0.39, 0.29) is 0 Å². The maximum atomic E-state index is 2.39. The predicted octanol–water partition coefficient (Wildman–Crippen LogP) is 3.86. The summed E-state index contributed by atoms with van der Waals surface area (Å²) in [7, 11) is 0. The zero-order valence-corrected chi connectivity index (χ0v) is 8.48. The van der Waals surface area contributed by atoms with Crippen LogP contribution in [0.15, 0.2) is 0 Å². The quantitative estimate of drug-likeness (QED) is 0.579. The van der Waals surface area contributed by atoms with Crippen molar-refractivity contribution in [3.8, 4) is 0 Å². The van der Waals surface area contributed by atoms with Gasteiger partial charge in [-0.05, 0) is 36.5 Å². The van der Waals surface area contributed by atoms with E-state index in [0.717, 1.165) is 17.3 Å². The maximum Gasteiger partial charge on any atom is -0.0272 e. The molecule has 1 saturated carbocycles. The maximum absolute atomic E-state index is 2.39. The molecule has 1 aliphatic rings. The second-order valence-electron chi connectivity index (χ2n) is 4.97. The van der Waals surface area contributed by atoms with Crippen LogP contribution in [0.3, 0.4) is 0 Å². The Bertz CT molecular complexity index is 118. The molecule has 1 aliphatic carbocycles. The molecule has 0 atom stereocenters. The summed E-state index contributed by atoms with van der Waals surface area (Å²) < 4.78 is 0. The van der Waals surface area contributed by atoms with E-state index in [1.54, 1.807) is 0 Å². The van der Waals surface area contributed by atoms with Gasteiger partial charge in [-0.1, -0.05) is 34.1 Å². The van der Waals surface area contributed by atoms with Crippen molar-refractivity contribution in [1.29, 1.82) is 0 Å². The highest BCUT2D eigenvalue weighted by molar-refractivity contribution is 4.90. The second kappa shape index (κ2) is 3.16. The molecule has 0 aromatic carbocycles. The minimum atomic E-state index is 0.744. The molecule has 11 heavy (non-hydrogen) atoms. The lowest BCUT2D eigenvalue weighted by molar-refractivity contribution is 0.0424. The first kappa shape index (κ1) is 9.09. The highest BCUT2D eigenvalue weighted by atomic mass is 14.4. The third kappa shape index (κ3) is 1.77. The van der Waals surface area contributed by atoms with Crippen LogP contribution in [0.2, 0.25) is 0 Å². The topological polar surface area (TPSA) is 0 Å². The summed E-state index contributed by atoms with van der Waals surface area (Å²) in [6, 6.07) is 0. The normalized spacial score (nSPS) is 22.4. The Morgan fingerprint density at radius 3 is 1.73 bits per heavy atom. The molecule has 0 aromatic heterocycles. The summed E-state index contributed by atoms with van der Waals surface area (Å²) in [4.78, 5) is 0. The van der Waals surface area contributed by atoms with Gasteiger partial charge in [0.15, 0.2) is 0 Å². The second-order valence-corrected chi connectivity index (χ2v) is 4.97. The summed E-state index contributed by atoms with van der Waals surface area (Å²) in [5, 5.41) is 0. The van der Waals surface area contributed by atoms with Crippen LogP contribution in [0.25, 0.3) is 0 Å². The molecule has 0 saturated heterocycles. The van der Waals surface area contributed by atoms with Gasteiger partial charge in [0.1, 0.15) is 0 Å². The molecule has 0 amide bonds. The third-order valence-electron chi connectivity index (χ3n) is 3.39. The molecule has 0 bridgehead atoms. The highest BCUT2D eigenvalue weighted by Crippen LogP contribution is 2.51. The average Bonchev–Trinajstić information content (AvgIpc) is 1.77. The SMILES string of the molecule is CC(C)CC1(C(C)C)CCC1. The van der Waals surface area contributed by atoms with Gasteiger partial charge in [-0.2, -0.15) is 0 Å². The van der Waals surface area contributed by atoms with Gasteiger partial charge in [0.05, 0.1) is 0 Å². The first-order valence-corrected chi connectivity index (χ1v) is 5.07. The van der Waals surface area contributed by atoms with Crippen LogP contribution in [-0.4, -0.2) is 0 Å². The van der Waals surface area contributed by atoms with Crippen molar-refractivity contribution in [2.75, 3.05) is 0 Å². The van der Waals surface area contributed by atoms with Crippen LogP contribution in [0.1, 0.15) is 53.4 Å². The molecule has 0 N–H and O–H groups in total. The minimum Gasteiger partial charge on any atom is -0.0628 e. The standard InChI is InChI=1S/C11H22/c1-9(2)8-11(10(3)4)6-5-7-11/h9-10H,5-8H2,1-4H3. The lowest BCUT2D eigenvalue weighted by Gasteiger charge is -2.47. The molecule has 0 heteroatoms. The summed E-state index contributed by atoms with van der Waals surface area (Å²) in [6.45, 7) is 9.48. The zero-order valence-electron chi connectivity index (χ0n) is 8.48. The smallest absolute Gasteiger partial charge is 0.0272 e. The molecule has 0 spiro atoms. The zero-order chi connectivity index (χ0) is 8.48. The van der Waals surface area contributed by atoms with E-state index in [2.05, 4.69) is 27.7 Å². The Hall–Kier alpha value is 0. The van der Waals surface area contributed by atoms with E-state index in [4.69, 9.17) is 0 Å². The van der Waals surface area contributed by atoms with Crippen molar-refractivity contribution in [1.82, 2.24) is 0 Å². The van der Waals surface area contributed by atoms with E-state index >= 15 is 0 Å². The summed E-state index contributed by atoms with van der Waals surface area (Å²) in [5.41, 5.74) is 0.744. The van der Waals surface area contributed by atoms with E-state index in [1.165, 1.54) is 25.7 Å². The van der Waals surface area contributed by atoms with Gasteiger partial charge in [0, 0.05) is 0 Å². The lowest BCUT2D eigenvalue weighted by Crippen LogP contribution is -2.36. The fourth-order valence-corrected chi connectivity index (χ4v) is 2.46. The van der Waals surface area contributed by atoms with Crippen molar-refractivity contribution in [2.24, 2.45) is 17.3 Å². The Morgan fingerprint density at radius 2 is 1.64 bits per heavy atom. The number of hydrogen-bond acceptors (Lipinski definition) is 0. The average molecular weight is 154 g/mol. The van der Waals surface area contributed by atoms with Gasteiger partial charge >= 0.3 is 0 Å². The van der Waals surface area contributed by atoms with Gasteiger partial charge in [0.25, 0.3) is 0 Å². The molecule has 0 aromatic rings. The molecule has 0 nitrogen and oxygen atoms in total. The van der Waals surface area contributed by atoms with Gasteiger partial charge in [-0.25, -0.2) is 0 Å². The number of hydrogen-bond donors (Lipinski definition) is 0. The van der Waals surface area contributed by atoms with Crippen LogP contribution < -0.4 is 0 Å². The highest BCUT2D eigenvalue weighted by Gasteiger charge is 2.39. The molecule has 66 valence electrons. The predicted molar refractivity (Wildman–Crippen MR) is 50.6 cm³/mol.